The van der Waals surface area contributed by atoms with Crippen LogP contribution in [0.3, 0.4) is 0 Å². The fourth-order valence-electron chi connectivity index (χ4n) is 0.217. The minimum Gasteiger partial charge on any atom is -0.412 e. The molecular weight excluding hydrogens is 120 g/mol. The van der Waals surface area contributed by atoms with Gasteiger partial charge in [-0.1, -0.05) is 20.8 Å². The van der Waals surface area contributed by atoms with Crippen LogP contribution >= 0.6 is 0 Å². The maximum Gasteiger partial charge on any atom is 0.239 e. The SMILES string of the molecule is CC(C)(C)C(=O)NN.O. The molecule has 1 amide bonds. The maximum absolute atomic E-state index is 10.6. The van der Waals surface area contributed by atoms with Gasteiger partial charge in [0.2, 0.25) is 5.91 Å². The third-order valence-corrected chi connectivity index (χ3v) is 0.812. The molecule has 0 atom stereocenters. The Morgan fingerprint density at radius 2 is 1.78 bits per heavy atom. The lowest BCUT2D eigenvalue weighted by molar-refractivity contribution is -0.128. The van der Waals surface area contributed by atoms with Crippen molar-refractivity contribution in [2.75, 3.05) is 0 Å². The molecule has 4 nitrogen and oxygen atoms in total. The van der Waals surface area contributed by atoms with Crippen molar-refractivity contribution in [1.29, 1.82) is 0 Å². The van der Waals surface area contributed by atoms with Crippen molar-refractivity contribution < 1.29 is 10.3 Å². The number of carbonyl (C=O) groups excluding carboxylic acids is 1. The molecule has 0 unspecified atom stereocenters. The zero-order valence-electron chi connectivity index (χ0n) is 5.99. The van der Waals surface area contributed by atoms with Gasteiger partial charge in [-0.25, -0.2) is 5.84 Å². The zero-order valence-corrected chi connectivity index (χ0v) is 5.99. The number of hydrogen-bond donors (Lipinski definition) is 2. The van der Waals surface area contributed by atoms with Gasteiger partial charge in [0.05, 0.1) is 0 Å². The summed E-state index contributed by atoms with van der Waals surface area (Å²) in [7, 11) is 0. The second kappa shape index (κ2) is 3.42. The lowest BCUT2D eigenvalue weighted by Gasteiger charge is -2.14. The van der Waals surface area contributed by atoms with Crippen molar-refractivity contribution in [2.45, 2.75) is 20.8 Å². The first-order chi connectivity index (χ1) is 3.48. The van der Waals surface area contributed by atoms with E-state index in [-0.39, 0.29) is 16.8 Å². The Labute approximate surface area is 54.7 Å². The zero-order chi connectivity index (χ0) is 6.78. The summed E-state index contributed by atoms with van der Waals surface area (Å²) in [6, 6.07) is 0. The molecule has 0 aromatic heterocycles. The van der Waals surface area contributed by atoms with Crippen molar-refractivity contribution in [2.24, 2.45) is 11.3 Å². The van der Waals surface area contributed by atoms with Crippen molar-refractivity contribution in [3.8, 4) is 0 Å². The molecule has 56 valence electrons. The molecule has 0 rings (SSSR count). The third kappa shape index (κ3) is 3.93. The molecule has 0 fully saturated rings. The van der Waals surface area contributed by atoms with E-state index in [1.807, 2.05) is 0 Å². The number of hydrazine groups is 1. The van der Waals surface area contributed by atoms with Gasteiger partial charge in [-0.2, -0.15) is 0 Å². The van der Waals surface area contributed by atoms with Gasteiger partial charge in [-0.3, -0.25) is 10.2 Å². The Morgan fingerprint density at radius 1 is 1.44 bits per heavy atom. The van der Waals surface area contributed by atoms with E-state index in [9.17, 15) is 4.79 Å². The molecule has 0 radical (unpaired) electrons. The first-order valence-electron chi connectivity index (χ1n) is 2.49. The summed E-state index contributed by atoms with van der Waals surface area (Å²) < 4.78 is 0. The van der Waals surface area contributed by atoms with Crippen molar-refractivity contribution in [1.82, 2.24) is 5.43 Å². The van der Waals surface area contributed by atoms with Gasteiger partial charge in [-0.15, -0.1) is 0 Å². The molecule has 0 heterocycles. The number of nitrogens with two attached hydrogens (primary N) is 1. The van der Waals surface area contributed by atoms with E-state index in [1.54, 1.807) is 20.8 Å². The largest absolute Gasteiger partial charge is 0.412 e. The fraction of sp³-hybridized carbons (Fsp3) is 0.800. The van der Waals surface area contributed by atoms with Gasteiger partial charge in [0.1, 0.15) is 0 Å². The van der Waals surface area contributed by atoms with Crippen LogP contribution in [0, 0.1) is 5.41 Å². The standard InChI is InChI=1S/C5H12N2O.H2O/c1-5(2,3)4(8)7-6;/h6H2,1-3H3,(H,7,8);1H2. The van der Waals surface area contributed by atoms with E-state index < -0.39 is 0 Å². The van der Waals surface area contributed by atoms with Crippen molar-refractivity contribution in [3.63, 3.8) is 0 Å². The second-order valence-electron chi connectivity index (χ2n) is 2.72. The number of hydrogen-bond acceptors (Lipinski definition) is 2. The van der Waals surface area contributed by atoms with Gasteiger partial charge in [0, 0.05) is 5.41 Å². The number of amides is 1. The van der Waals surface area contributed by atoms with Crippen LogP contribution in [0.25, 0.3) is 0 Å². The molecule has 0 aromatic carbocycles. The van der Waals surface area contributed by atoms with Crippen LogP contribution in [0.4, 0.5) is 0 Å². The molecule has 0 aliphatic rings. The topological polar surface area (TPSA) is 86.6 Å². The van der Waals surface area contributed by atoms with E-state index in [4.69, 9.17) is 5.84 Å². The van der Waals surface area contributed by atoms with E-state index in [2.05, 4.69) is 5.43 Å². The minimum atomic E-state index is -0.366. The summed E-state index contributed by atoms with van der Waals surface area (Å²) in [5, 5.41) is 0. The highest BCUT2D eigenvalue weighted by Gasteiger charge is 2.19. The summed E-state index contributed by atoms with van der Waals surface area (Å²) in [6.07, 6.45) is 0. The molecule has 0 saturated heterocycles. The van der Waals surface area contributed by atoms with Crippen LogP contribution in [0.5, 0.6) is 0 Å². The first-order valence-corrected chi connectivity index (χ1v) is 2.49. The first kappa shape index (κ1) is 11.2. The van der Waals surface area contributed by atoms with Crippen LogP contribution in [0.15, 0.2) is 0 Å². The van der Waals surface area contributed by atoms with Crippen LogP contribution in [-0.4, -0.2) is 11.4 Å². The predicted molar refractivity (Wildman–Crippen MR) is 35.4 cm³/mol. The van der Waals surface area contributed by atoms with Crippen LogP contribution in [-0.2, 0) is 4.79 Å². The molecule has 9 heavy (non-hydrogen) atoms. The minimum absolute atomic E-state index is 0. The molecule has 4 heteroatoms. The summed E-state index contributed by atoms with van der Waals surface area (Å²) in [6.45, 7) is 5.40. The Hall–Kier alpha value is -0.610. The van der Waals surface area contributed by atoms with Crippen molar-refractivity contribution in [3.05, 3.63) is 0 Å². The van der Waals surface area contributed by atoms with E-state index >= 15 is 0 Å². The average Bonchev–Trinajstić information content (AvgIpc) is 1.62. The van der Waals surface area contributed by atoms with Crippen LogP contribution in [0.2, 0.25) is 0 Å². The lowest BCUT2D eigenvalue weighted by Crippen LogP contribution is -2.39. The molecule has 5 N–H and O–H groups in total. The predicted octanol–water partition coefficient (Wildman–Crippen LogP) is -0.802. The molecule has 0 bridgehead atoms. The summed E-state index contributed by atoms with van der Waals surface area (Å²) in [5.41, 5.74) is 1.70. The normalized spacial score (nSPS) is 9.78. The second-order valence-corrected chi connectivity index (χ2v) is 2.72. The number of rotatable bonds is 0. The molecule has 0 spiro atoms. The third-order valence-electron chi connectivity index (χ3n) is 0.812. The summed E-state index contributed by atoms with van der Waals surface area (Å²) >= 11 is 0. The van der Waals surface area contributed by atoms with Gasteiger partial charge < -0.3 is 5.48 Å². The number of carbonyl (C=O) groups is 1. The highest BCUT2D eigenvalue weighted by Crippen LogP contribution is 2.10. The van der Waals surface area contributed by atoms with Gasteiger partial charge in [0.15, 0.2) is 0 Å². The average molecular weight is 134 g/mol. The van der Waals surface area contributed by atoms with Gasteiger partial charge in [0.25, 0.3) is 0 Å². The van der Waals surface area contributed by atoms with Crippen LogP contribution in [0.1, 0.15) is 20.8 Å². The van der Waals surface area contributed by atoms with E-state index in [1.165, 1.54) is 0 Å². The monoisotopic (exact) mass is 134 g/mol. The fourth-order valence-corrected chi connectivity index (χ4v) is 0.217. The molecule has 0 aromatic rings. The molecule has 0 aliphatic heterocycles. The maximum atomic E-state index is 10.6. The van der Waals surface area contributed by atoms with Crippen LogP contribution < -0.4 is 11.3 Å². The Bertz CT molecular complexity index is 95.6. The molecule has 0 saturated carbocycles. The Balaban J connectivity index is 0. The molecule has 0 aliphatic carbocycles. The van der Waals surface area contributed by atoms with E-state index in [0.717, 1.165) is 0 Å². The highest BCUT2D eigenvalue weighted by molar-refractivity contribution is 5.80. The molecular formula is C5H14N2O2. The summed E-state index contributed by atoms with van der Waals surface area (Å²) in [4.78, 5) is 10.6. The lowest BCUT2D eigenvalue weighted by atomic mass is 9.96. The Kier molecular flexibility index (Phi) is 4.27. The van der Waals surface area contributed by atoms with Crippen molar-refractivity contribution >= 4 is 5.91 Å². The Morgan fingerprint density at radius 3 is 1.78 bits per heavy atom. The highest BCUT2D eigenvalue weighted by atomic mass is 16.2. The number of nitrogens with one attached hydrogen (secondary N) is 1. The van der Waals surface area contributed by atoms with E-state index in [0.29, 0.717) is 0 Å². The van der Waals surface area contributed by atoms with Gasteiger partial charge >= 0.3 is 0 Å². The quantitative estimate of drug-likeness (QED) is 0.258. The summed E-state index contributed by atoms with van der Waals surface area (Å²) in [5.74, 6) is 4.72. The van der Waals surface area contributed by atoms with Gasteiger partial charge in [-0.05, 0) is 0 Å². The smallest absolute Gasteiger partial charge is 0.239 e.